The van der Waals surface area contributed by atoms with Gasteiger partial charge in [0.15, 0.2) is 0 Å². The maximum absolute atomic E-state index is 13.7. The number of hydrogen-bond acceptors (Lipinski definition) is 4. The molecule has 2 aromatic rings. The monoisotopic (exact) mass is 402 g/mol. The van der Waals surface area contributed by atoms with Crippen molar-refractivity contribution in [1.29, 1.82) is 0 Å². The molecule has 2 heterocycles. The number of carbonyl (C=O) groups is 1. The molecule has 2 unspecified atom stereocenters. The number of hydrogen-bond donors (Lipinski definition) is 0. The topological polar surface area (TPSA) is 68.8 Å². The normalized spacial score (nSPS) is 33.4. The zero-order valence-corrected chi connectivity index (χ0v) is 17.3. The van der Waals surface area contributed by atoms with Gasteiger partial charge < -0.3 is 4.90 Å². The smallest absolute Gasteiger partial charge is 0.242 e. The van der Waals surface area contributed by atoms with Crippen LogP contribution < -0.4 is 0 Å². The molecule has 0 N–H and O–H groups in total. The number of aromatic nitrogens is 5. The van der Waals surface area contributed by atoms with E-state index >= 15 is 0 Å². The summed E-state index contributed by atoms with van der Waals surface area (Å²) < 4.78 is 3.93. The van der Waals surface area contributed by atoms with E-state index < -0.39 is 0 Å². The Morgan fingerprint density at radius 3 is 2.71 bits per heavy atom. The Labute approximate surface area is 170 Å². The van der Waals surface area contributed by atoms with Crippen molar-refractivity contribution in [3.05, 3.63) is 29.6 Å². The van der Waals surface area contributed by atoms with Crippen LogP contribution in [0, 0.1) is 17.3 Å². The van der Waals surface area contributed by atoms with Crippen LogP contribution >= 0.6 is 11.6 Å². The molecule has 4 aliphatic carbocycles. The summed E-state index contributed by atoms with van der Waals surface area (Å²) in [6, 6.07) is 2.01. The molecule has 0 spiro atoms. The summed E-state index contributed by atoms with van der Waals surface area (Å²) in [5, 5.41) is 9.09. The van der Waals surface area contributed by atoms with Gasteiger partial charge in [0.2, 0.25) is 11.2 Å². The van der Waals surface area contributed by atoms with Crippen LogP contribution in [-0.2, 0) is 23.4 Å². The maximum Gasteiger partial charge on any atom is 0.242 e. The van der Waals surface area contributed by atoms with Crippen LogP contribution in [0.25, 0.3) is 0 Å². The van der Waals surface area contributed by atoms with Gasteiger partial charge in [-0.15, -0.1) is 5.10 Å². The van der Waals surface area contributed by atoms with Crippen LogP contribution in [0.15, 0.2) is 18.6 Å². The molecule has 1 amide bonds. The second kappa shape index (κ2) is 6.31. The third-order valence-electron chi connectivity index (χ3n) is 7.28. The Morgan fingerprint density at radius 2 is 2.07 bits per heavy atom. The molecule has 7 nitrogen and oxygen atoms in total. The molecule has 4 aliphatic rings. The Bertz CT molecular complexity index is 890. The van der Waals surface area contributed by atoms with E-state index in [1.165, 1.54) is 6.42 Å². The summed E-state index contributed by atoms with van der Waals surface area (Å²) in [7, 11) is 1.94. The van der Waals surface area contributed by atoms with Crippen LogP contribution in [0.3, 0.4) is 0 Å². The molecular weight excluding hydrogens is 376 g/mol. The van der Waals surface area contributed by atoms with Crippen LogP contribution in [0.1, 0.15) is 51.1 Å². The van der Waals surface area contributed by atoms with E-state index in [0.29, 0.717) is 23.7 Å². The number of aryl methyl sites for hydroxylation is 1. The number of amides is 1. The quantitative estimate of drug-likeness (QED) is 0.770. The Kier molecular flexibility index (Phi) is 4.09. The second-order valence-electron chi connectivity index (χ2n) is 9.22. The summed E-state index contributed by atoms with van der Waals surface area (Å²) in [6.07, 6.45) is 9.85. The van der Waals surface area contributed by atoms with Gasteiger partial charge in [0.1, 0.15) is 6.33 Å². The van der Waals surface area contributed by atoms with Gasteiger partial charge in [0.05, 0.1) is 23.2 Å². The third-order valence-corrected chi connectivity index (χ3v) is 7.46. The lowest BCUT2D eigenvalue weighted by molar-refractivity contribution is -0.166. The van der Waals surface area contributed by atoms with Crippen LogP contribution in [0.5, 0.6) is 0 Å². The molecule has 0 aliphatic heterocycles. The number of halogens is 1. The number of carbonyl (C=O) groups excluding carboxylic acids is 1. The van der Waals surface area contributed by atoms with Crippen molar-refractivity contribution in [2.45, 2.75) is 64.1 Å². The highest BCUT2D eigenvalue weighted by Crippen LogP contribution is 2.64. The molecule has 4 saturated carbocycles. The van der Waals surface area contributed by atoms with Gasteiger partial charge >= 0.3 is 0 Å². The second-order valence-corrected chi connectivity index (χ2v) is 9.56. The zero-order chi connectivity index (χ0) is 19.5. The van der Waals surface area contributed by atoms with Gasteiger partial charge in [-0.25, -0.2) is 9.67 Å². The highest BCUT2D eigenvalue weighted by atomic mass is 35.5. The predicted molar refractivity (Wildman–Crippen MR) is 104 cm³/mol. The maximum atomic E-state index is 13.7. The lowest BCUT2D eigenvalue weighted by atomic mass is 9.46. The van der Waals surface area contributed by atoms with Crippen molar-refractivity contribution in [3.8, 4) is 0 Å². The molecule has 150 valence electrons. The van der Waals surface area contributed by atoms with E-state index in [1.54, 1.807) is 6.33 Å². The number of rotatable bonds is 5. The fourth-order valence-corrected chi connectivity index (χ4v) is 6.83. The minimum absolute atomic E-state index is 0.105. The fourth-order valence-electron chi connectivity index (χ4n) is 6.70. The van der Waals surface area contributed by atoms with Gasteiger partial charge in [-0.2, -0.15) is 5.10 Å². The van der Waals surface area contributed by atoms with Crippen molar-refractivity contribution >= 4 is 17.5 Å². The van der Waals surface area contributed by atoms with E-state index in [2.05, 4.69) is 22.1 Å². The highest BCUT2D eigenvalue weighted by molar-refractivity contribution is 6.28. The summed E-state index contributed by atoms with van der Waals surface area (Å²) in [5.41, 5.74) is 0.695. The largest absolute Gasteiger partial charge is 0.339 e. The third kappa shape index (κ3) is 2.70. The first kappa shape index (κ1) is 18.2. The molecule has 4 bridgehead atoms. The predicted octanol–water partition coefficient (Wildman–Crippen LogP) is 3.10. The summed E-state index contributed by atoms with van der Waals surface area (Å²) >= 11 is 6.03. The standard InChI is InChI=1S/C20H27ClN6O/c1-3-26-16(4-5-23-26)11-25(2)17(28)19-7-14-6-15(8-19)10-20(9-14,12-19)27-13-22-18(21)24-27/h4-5,13-15H,3,6-12H2,1-2H3. The first-order chi connectivity index (χ1) is 13.4. The first-order valence-corrected chi connectivity index (χ1v) is 10.6. The van der Waals surface area contributed by atoms with Crippen molar-refractivity contribution in [2.75, 3.05) is 7.05 Å². The fraction of sp³-hybridized carbons (Fsp3) is 0.700. The molecular formula is C20H27ClN6O. The van der Waals surface area contributed by atoms with Gasteiger partial charge in [-0.1, -0.05) is 0 Å². The first-order valence-electron chi connectivity index (χ1n) is 10.3. The molecule has 0 aromatic carbocycles. The summed E-state index contributed by atoms with van der Waals surface area (Å²) in [4.78, 5) is 19.8. The molecule has 6 rings (SSSR count). The Morgan fingerprint density at radius 1 is 1.32 bits per heavy atom. The molecule has 8 heteroatoms. The van der Waals surface area contributed by atoms with Gasteiger partial charge in [0, 0.05) is 19.8 Å². The summed E-state index contributed by atoms with van der Waals surface area (Å²) in [6.45, 7) is 3.49. The zero-order valence-electron chi connectivity index (χ0n) is 16.5. The van der Waals surface area contributed by atoms with E-state index in [9.17, 15) is 4.79 Å². The van der Waals surface area contributed by atoms with Gasteiger partial charge in [0.25, 0.3) is 0 Å². The molecule has 4 fully saturated rings. The lowest BCUT2D eigenvalue weighted by Gasteiger charge is -2.61. The molecule has 2 atom stereocenters. The van der Waals surface area contributed by atoms with Crippen molar-refractivity contribution < 1.29 is 4.79 Å². The lowest BCUT2D eigenvalue weighted by Crippen LogP contribution is -2.61. The SMILES string of the molecule is CCn1nccc1CN(C)C(=O)C12CC3CC(C1)CC(n1cnc(Cl)n1)(C3)C2. The Hall–Kier alpha value is -1.89. The van der Waals surface area contributed by atoms with Crippen molar-refractivity contribution in [3.63, 3.8) is 0 Å². The Balaban J connectivity index is 1.43. The average Bonchev–Trinajstić information content (AvgIpc) is 3.29. The van der Waals surface area contributed by atoms with E-state index in [4.69, 9.17) is 11.6 Å². The van der Waals surface area contributed by atoms with E-state index in [0.717, 1.165) is 44.3 Å². The highest BCUT2D eigenvalue weighted by Gasteiger charge is 2.62. The van der Waals surface area contributed by atoms with Crippen LogP contribution in [0.4, 0.5) is 0 Å². The molecule has 0 saturated heterocycles. The average molecular weight is 403 g/mol. The van der Waals surface area contributed by atoms with Crippen molar-refractivity contribution in [1.82, 2.24) is 29.4 Å². The minimum atomic E-state index is -0.283. The van der Waals surface area contributed by atoms with Gasteiger partial charge in [-0.3, -0.25) is 9.48 Å². The minimum Gasteiger partial charge on any atom is -0.339 e. The van der Waals surface area contributed by atoms with Crippen LogP contribution in [-0.4, -0.2) is 42.4 Å². The molecule has 28 heavy (non-hydrogen) atoms. The van der Waals surface area contributed by atoms with E-state index in [-0.39, 0.29) is 16.9 Å². The molecule has 2 aromatic heterocycles. The molecule has 0 radical (unpaired) electrons. The summed E-state index contributed by atoms with van der Waals surface area (Å²) in [5.74, 6) is 1.45. The number of nitrogens with zero attached hydrogens (tertiary/aromatic N) is 6. The van der Waals surface area contributed by atoms with Gasteiger partial charge in [-0.05, 0) is 75.0 Å². The van der Waals surface area contributed by atoms with Crippen LogP contribution in [0.2, 0.25) is 5.28 Å². The van der Waals surface area contributed by atoms with Crippen molar-refractivity contribution in [2.24, 2.45) is 17.3 Å². The van der Waals surface area contributed by atoms with E-state index in [1.807, 2.05) is 33.6 Å².